The third kappa shape index (κ3) is 4.19. The largest absolute Gasteiger partial charge is 0.360 e. The van der Waals surface area contributed by atoms with Crippen molar-refractivity contribution in [2.24, 2.45) is 0 Å². The molecular weight excluding hydrogens is 394 g/mol. The summed E-state index contributed by atoms with van der Waals surface area (Å²) in [6, 6.07) is 26.7. The van der Waals surface area contributed by atoms with Gasteiger partial charge in [0.1, 0.15) is 6.23 Å². The van der Waals surface area contributed by atoms with Gasteiger partial charge in [0.25, 0.3) is 0 Å². The van der Waals surface area contributed by atoms with E-state index < -0.39 is 16.3 Å². The Morgan fingerprint density at radius 1 is 0.933 bits per heavy atom. The van der Waals surface area contributed by atoms with Gasteiger partial charge in [-0.15, -0.1) is 0 Å². The van der Waals surface area contributed by atoms with E-state index in [2.05, 4.69) is 0 Å². The smallest absolute Gasteiger partial charge is 0.245 e. The van der Waals surface area contributed by atoms with E-state index in [4.69, 9.17) is 4.74 Å². The fourth-order valence-electron chi connectivity index (χ4n) is 4.05. The number of nitrogens with zero attached hydrogens (tertiary/aromatic N) is 1. The van der Waals surface area contributed by atoms with Crippen molar-refractivity contribution in [3.8, 4) is 0 Å². The molecule has 0 spiro atoms. The van der Waals surface area contributed by atoms with Crippen LogP contribution in [0, 0.1) is 6.92 Å². The van der Waals surface area contributed by atoms with Gasteiger partial charge in [0.05, 0.1) is 17.5 Å². The van der Waals surface area contributed by atoms with Gasteiger partial charge in [-0.2, -0.15) is 4.31 Å². The number of sulfonamides is 1. The highest BCUT2D eigenvalue weighted by Crippen LogP contribution is 2.35. The molecule has 4 rings (SSSR count). The summed E-state index contributed by atoms with van der Waals surface area (Å²) >= 11 is 0. The molecule has 1 unspecified atom stereocenters. The van der Waals surface area contributed by atoms with Crippen LogP contribution in [0.15, 0.2) is 89.8 Å². The number of rotatable bonds is 6. The number of hydrogen-bond donors (Lipinski definition) is 0. The Hall–Kier alpha value is -2.47. The van der Waals surface area contributed by atoms with Crippen molar-refractivity contribution in [2.45, 2.75) is 43.4 Å². The molecule has 0 amide bonds. The summed E-state index contributed by atoms with van der Waals surface area (Å²) in [5.74, 6) is -0.0906. The normalized spacial score (nSPS) is 20.9. The minimum Gasteiger partial charge on any atom is -0.360 e. The summed E-state index contributed by atoms with van der Waals surface area (Å²) in [6.07, 6.45) is 0.0663. The number of hydrogen-bond acceptors (Lipinski definition) is 3. The predicted octanol–water partition coefficient (Wildman–Crippen LogP) is 4.76. The van der Waals surface area contributed by atoms with E-state index >= 15 is 0 Å². The van der Waals surface area contributed by atoms with Gasteiger partial charge in [-0.05, 0) is 36.6 Å². The first-order valence-electron chi connectivity index (χ1n) is 10.3. The maximum atomic E-state index is 13.7. The highest BCUT2D eigenvalue weighted by atomic mass is 32.2. The van der Waals surface area contributed by atoms with E-state index in [1.165, 1.54) is 0 Å². The van der Waals surface area contributed by atoms with Crippen LogP contribution in [0.4, 0.5) is 0 Å². The average molecular weight is 422 g/mol. The quantitative estimate of drug-likeness (QED) is 0.577. The Labute approximate surface area is 179 Å². The molecule has 1 heterocycles. The molecule has 30 heavy (non-hydrogen) atoms. The van der Waals surface area contributed by atoms with Crippen LogP contribution >= 0.6 is 0 Å². The molecule has 3 aromatic rings. The van der Waals surface area contributed by atoms with Crippen molar-refractivity contribution in [1.29, 1.82) is 0 Å². The molecule has 3 aromatic carbocycles. The SMILES string of the molecule is Cc1ccc(S(=O)(=O)N2[C@@H](Cc3ccccc3)CO[C@H]2C(C)c2ccccc2)cc1. The molecule has 1 aliphatic rings. The monoisotopic (exact) mass is 421 g/mol. The van der Waals surface area contributed by atoms with E-state index in [9.17, 15) is 8.42 Å². The van der Waals surface area contributed by atoms with Gasteiger partial charge in [-0.3, -0.25) is 0 Å². The summed E-state index contributed by atoms with van der Waals surface area (Å²) in [5.41, 5.74) is 3.19. The van der Waals surface area contributed by atoms with Gasteiger partial charge in [0.2, 0.25) is 10.0 Å². The fourth-order valence-corrected chi connectivity index (χ4v) is 5.82. The van der Waals surface area contributed by atoms with E-state index in [-0.39, 0.29) is 12.0 Å². The van der Waals surface area contributed by atoms with Crippen LogP contribution in [0.3, 0.4) is 0 Å². The highest BCUT2D eigenvalue weighted by Gasteiger charge is 2.45. The molecule has 4 nitrogen and oxygen atoms in total. The first-order chi connectivity index (χ1) is 14.5. The van der Waals surface area contributed by atoms with Crippen LogP contribution in [0.1, 0.15) is 29.5 Å². The molecule has 0 radical (unpaired) electrons. The lowest BCUT2D eigenvalue weighted by atomic mass is 9.99. The topological polar surface area (TPSA) is 46.6 Å². The Morgan fingerprint density at radius 3 is 2.17 bits per heavy atom. The van der Waals surface area contributed by atoms with Crippen molar-refractivity contribution in [3.05, 3.63) is 102 Å². The average Bonchev–Trinajstić information content (AvgIpc) is 3.19. The first-order valence-corrected chi connectivity index (χ1v) is 11.7. The molecule has 1 saturated heterocycles. The van der Waals surface area contributed by atoms with Gasteiger partial charge < -0.3 is 4.74 Å². The molecule has 0 aromatic heterocycles. The number of benzene rings is 3. The lowest BCUT2D eigenvalue weighted by Crippen LogP contribution is -2.44. The Kier molecular flexibility index (Phi) is 6.04. The molecule has 0 bridgehead atoms. The summed E-state index contributed by atoms with van der Waals surface area (Å²) in [7, 11) is -3.72. The minimum atomic E-state index is -3.72. The Bertz CT molecular complexity index is 1070. The first kappa shape index (κ1) is 20.8. The Balaban J connectivity index is 1.72. The van der Waals surface area contributed by atoms with Crippen molar-refractivity contribution < 1.29 is 13.2 Å². The van der Waals surface area contributed by atoms with Gasteiger partial charge >= 0.3 is 0 Å². The lowest BCUT2D eigenvalue weighted by molar-refractivity contribution is 0.0494. The third-order valence-electron chi connectivity index (χ3n) is 5.73. The molecule has 156 valence electrons. The van der Waals surface area contributed by atoms with Crippen LogP contribution in [0.25, 0.3) is 0 Å². The molecule has 1 fully saturated rings. The summed E-state index contributed by atoms with van der Waals surface area (Å²) in [6.45, 7) is 4.36. The van der Waals surface area contributed by atoms with Crippen LogP contribution in [0.2, 0.25) is 0 Å². The molecule has 0 N–H and O–H groups in total. The molecule has 0 saturated carbocycles. The lowest BCUT2D eigenvalue weighted by Gasteiger charge is -2.31. The van der Waals surface area contributed by atoms with E-state index in [1.54, 1.807) is 16.4 Å². The second-order valence-electron chi connectivity index (χ2n) is 7.91. The van der Waals surface area contributed by atoms with Crippen LogP contribution in [0.5, 0.6) is 0 Å². The molecule has 0 aliphatic carbocycles. The fraction of sp³-hybridized carbons (Fsp3) is 0.280. The zero-order chi connectivity index (χ0) is 21.1. The second-order valence-corrected chi connectivity index (χ2v) is 9.76. The van der Waals surface area contributed by atoms with Gasteiger partial charge in [-0.1, -0.05) is 85.3 Å². The van der Waals surface area contributed by atoms with Gasteiger partial charge in [-0.25, -0.2) is 8.42 Å². The maximum absolute atomic E-state index is 13.7. The Morgan fingerprint density at radius 2 is 1.53 bits per heavy atom. The zero-order valence-corrected chi connectivity index (χ0v) is 18.1. The second kappa shape index (κ2) is 8.72. The predicted molar refractivity (Wildman–Crippen MR) is 119 cm³/mol. The summed E-state index contributed by atoms with van der Waals surface area (Å²) < 4.78 is 35.2. The standard InChI is InChI=1S/C25H27NO3S/c1-19-13-15-24(16-14-19)30(27,28)26-23(17-21-9-5-3-6-10-21)18-29-25(26)20(2)22-11-7-4-8-12-22/h3-16,20,23,25H,17-18H2,1-2H3/t20?,23-,25-/m0/s1. The number of ether oxygens (including phenoxy) is 1. The summed E-state index contributed by atoms with van der Waals surface area (Å²) in [5, 5.41) is 0. The molecule has 1 aliphatic heterocycles. The zero-order valence-electron chi connectivity index (χ0n) is 17.3. The van der Waals surface area contributed by atoms with Crippen LogP contribution in [-0.2, 0) is 21.2 Å². The molecular formula is C25H27NO3S. The third-order valence-corrected chi connectivity index (χ3v) is 7.66. The van der Waals surface area contributed by atoms with Crippen molar-refractivity contribution in [2.75, 3.05) is 6.61 Å². The van der Waals surface area contributed by atoms with Crippen LogP contribution < -0.4 is 0 Å². The molecule has 5 heteroatoms. The van der Waals surface area contributed by atoms with Crippen molar-refractivity contribution in [1.82, 2.24) is 4.31 Å². The van der Waals surface area contributed by atoms with Crippen molar-refractivity contribution >= 4 is 10.0 Å². The van der Waals surface area contributed by atoms with Crippen LogP contribution in [-0.4, -0.2) is 31.6 Å². The molecule has 3 atom stereocenters. The van der Waals surface area contributed by atoms with E-state index in [0.717, 1.165) is 16.7 Å². The minimum absolute atomic E-state index is 0.0906. The maximum Gasteiger partial charge on any atom is 0.245 e. The van der Waals surface area contributed by atoms with Crippen molar-refractivity contribution in [3.63, 3.8) is 0 Å². The van der Waals surface area contributed by atoms with E-state index in [1.807, 2.05) is 86.6 Å². The van der Waals surface area contributed by atoms with Gasteiger partial charge in [0, 0.05) is 5.92 Å². The summed E-state index contributed by atoms with van der Waals surface area (Å²) in [4.78, 5) is 0.307. The van der Waals surface area contributed by atoms with Gasteiger partial charge in [0.15, 0.2) is 0 Å². The van der Waals surface area contributed by atoms with E-state index in [0.29, 0.717) is 17.9 Å². The highest BCUT2D eigenvalue weighted by molar-refractivity contribution is 7.89. The number of aryl methyl sites for hydroxylation is 1.